The number of likely N-dealkylation sites (tertiary alicyclic amines) is 2. The molecule has 0 unspecified atom stereocenters. The molecule has 4 heterocycles. The Hall–Kier alpha value is -1.73. The maximum Gasteiger partial charge on any atom is 0.255 e. The fourth-order valence-electron chi connectivity index (χ4n) is 3.59. The minimum Gasteiger partial charge on any atom is -0.333 e. The van der Waals surface area contributed by atoms with Crippen LogP contribution in [-0.2, 0) is 11.3 Å². The monoisotopic (exact) mass is 347 g/mol. The van der Waals surface area contributed by atoms with Crippen LogP contribution < -0.4 is 0 Å². The van der Waals surface area contributed by atoms with E-state index in [9.17, 15) is 9.59 Å². The molecule has 0 aromatic carbocycles. The molecule has 0 radical (unpaired) electrons. The quantitative estimate of drug-likeness (QED) is 0.857. The highest BCUT2D eigenvalue weighted by molar-refractivity contribution is 7.09. The van der Waals surface area contributed by atoms with Crippen molar-refractivity contribution < 1.29 is 9.59 Å². The lowest BCUT2D eigenvalue weighted by Gasteiger charge is -2.24. The normalized spacial score (nSPS) is 23.6. The van der Waals surface area contributed by atoms with E-state index in [-0.39, 0.29) is 23.9 Å². The van der Waals surface area contributed by atoms with Crippen LogP contribution in [0.5, 0.6) is 0 Å². The summed E-state index contributed by atoms with van der Waals surface area (Å²) in [5.41, 5.74) is 1.68. The van der Waals surface area contributed by atoms with Gasteiger partial charge in [-0.3, -0.25) is 9.59 Å². The van der Waals surface area contributed by atoms with Crippen LogP contribution in [0, 0.1) is 6.92 Å². The SMILES string of the molecule is Cc1nc(CN2C(=O)C[C@@H]3[C@@H]2CCN3C(=O)c2ccsc2)cs1. The number of carbonyl (C=O) groups is 2. The van der Waals surface area contributed by atoms with Crippen molar-refractivity contribution in [1.29, 1.82) is 0 Å². The van der Waals surface area contributed by atoms with E-state index in [1.165, 1.54) is 11.3 Å². The van der Waals surface area contributed by atoms with Crippen LogP contribution >= 0.6 is 22.7 Å². The highest BCUT2D eigenvalue weighted by Gasteiger charge is 2.48. The van der Waals surface area contributed by atoms with Crippen LogP contribution in [0.1, 0.15) is 33.9 Å². The van der Waals surface area contributed by atoms with Crippen LogP contribution in [0.2, 0.25) is 0 Å². The predicted octanol–water partition coefficient (Wildman–Crippen LogP) is 2.53. The van der Waals surface area contributed by atoms with Gasteiger partial charge in [0.15, 0.2) is 0 Å². The number of aryl methyl sites for hydroxylation is 1. The van der Waals surface area contributed by atoms with Gasteiger partial charge in [-0.15, -0.1) is 11.3 Å². The van der Waals surface area contributed by atoms with Crippen LogP contribution in [0.25, 0.3) is 0 Å². The zero-order valence-electron chi connectivity index (χ0n) is 12.8. The highest BCUT2D eigenvalue weighted by Crippen LogP contribution is 2.34. The van der Waals surface area contributed by atoms with Gasteiger partial charge in [0.1, 0.15) is 0 Å². The Bertz CT molecular complexity index is 740. The summed E-state index contributed by atoms with van der Waals surface area (Å²) in [6.45, 7) is 3.26. The summed E-state index contributed by atoms with van der Waals surface area (Å²) in [7, 11) is 0. The van der Waals surface area contributed by atoms with E-state index in [1.807, 2.05) is 38.9 Å². The molecule has 4 rings (SSSR count). The Balaban J connectivity index is 1.52. The van der Waals surface area contributed by atoms with E-state index in [0.29, 0.717) is 13.0 Å². The van der Waals surface area contributed by atoms with Gasteiger partial charge < -0.3 is 9.80 Å². The van der Waals surface area contributed by atoms with Crippen LogP contribution in [0.15, 0.2) is 22.2 Å². The topological polar surface area (TPSA) is 53.5 Å². The minimum absolute atomic E-state index is 0.00892. The third kappa shape index (κ3) is 2.57. The number of thiazole rings is 1. The maximum absolute atomic E-state index is 12.6. The first-order chi connectivity index (χ1) is 11.1. The maximum atomic E-state index is 12.6. The lowest BCUT2D eigenvalue weighted by Crippen LogP contribution is -2.39. The van der Waals surface area contributed by atoms with Crippen LogP contribution in [0.3, 0.4) is 0 Å². The number of hydrogen-bond acceptors (Lipinski definition) is 5. The van der Waals surface area contributed by atoms with Gasteiger partial charge in [-0.2, -0.15) is 11.3 Å². The van der Waals surface area contributed by atoms with Gasteiger partial charge in [-0.1, -0.05) is 0 Å². The van der Waals surface area contributed by atoms with Crippen LogP contribution in [0.4, 0.5) is 0 Å². The number of fused-ring (bicyclic) bond motifs is 1. The number of aromatic nitrogens is 1. The van der Waals surface area contributed by atoms with E-state index >= 15 is 0 Å². The molecule has 0 saturated carbocycles. The van der Waals surface area contributed by atoms with Crippen molar-refractivity contribution in [1.82, 2.24) is 14.8 Å². The molecule has 0 bridgehead atoms. The van der Waals surface area contributed by atoms with Gasteiger partial charge in [0.05, 0.1) is 34.9 Å². The molecule has 2 saturated heterocycles. The third-order valence-corrected chi connectivity index (χ3v) is 6.15. The van der Waals surface area contributed by atoms with E-state index < -0.39 is 0 Å². The lowest BCUT2D eigenvalue weighted by atomic mass is 10.1. The van der Waals surface area contributed by atoms with Gasteiger partial charge in [0, 0.05) is 23.7 Å². The molecule has 2 aliphatic heterocycles. The Morgan fingerprint density at radius 3 is 2.96 bits per heavy atom. The first-order valence-corrected chi connectivity index (χ1v) is 9.49. The zero-order valence-corrected chi connectivity index (χ0v) is 14.4. The van der Waals surface area contributed by atoms with E-state index in [1.54, 1.807) is 11.3 Å². The standard InChI is InChI=1S/C16H17N3O2S2/c1-10-17-12(9-23-10)7-19-13-2-4-18(14(13)6-15(19)20)16(21)11-3-5-22-8-11/h3,5,8-9,13-14H,2,4,6-7H2,1H3/t13-,14+/m0/s1. The summed E-state index contributed by atoms with van der Waals surface area (Å²) < 4.78 is 0. The summed E-state index contributed by atoms with van der Waals surface area (Å²) in [6, 6.07) is 1.99. The molecule has 23 heavy (non-hydrogen) atoms. The molecule has 2 amide bonds. The number of amides is 2. The molecule has 2 atom stereocenters. The Morgan fingerprint density at radius 1 is 1.39 bits per heavy atom. The summed E-state index contributed by atoms with van der Waals surface area (Å²) in [4.78, 5) is 33.3. The number of rotatable bonds is 3. The molecule has 2 aliphatic rings. The summed E-state index contributed by atoms with van der Waals surface area (Å²) >= 11 is 3.13. The smallest absolute Gasteiger partial charge is 0.255 e. The summed E-state index contributed by atoms with van der Waals surface area (Å²) in [5, 5.41) is 6.82. The lowest BCUT2D eigenvalue weighted by molar-refractivity contribution is -0.129. The van der Waals surface area contributed by atoms with Gasteiger partial charge >= 0.3 is 0 Å². The molecular weight excluding hydrogens is 330 g/mol. The number of nitrogens with zero attached hydrogens (tertiary/aromatic N) is 3. The average molecular weight is 347 g/mol. The third-order valence-electron chi connectivity index (χ3n) is 4.64. The fourth-order valence-corrected chi connectivity index (χ4v) is 4.83. The van der Waals surface area contributed by atoms with Crippen molar-refractivity contribution in [3.63, 3.8) is 0 Å². The molecular formula is C16H17N3O2S2. The summed E-state index contributed by atoms with van der Waals surface area (Å²) in [6.07, 6.45) is 1.29. The first-order valence-electron chi connectivity index (χ1n) is 7.67. The van der Waals surface area contributed by atoms with Crippen molar-refractivity contribution >= 4 is 34.5 Å². The second kappa shape index (κ2) is 5.72. The molecule has 0 spiro atoms. The molecule has 0 N–H and O–H groups in total. The molecule has 5 nitrogen and oxygen atoms in total. The van der Waals surface area contributed by atoms with E-state index in [2.05, 4.69) is 4.98 Å². The first kappa shape index (κ1) is 14.8. The zero-order chi connectivity index (χ0) is 16.0. The van der Waals surface area contributed by atoms with E-state index in [4.69, 9.17) is 0 Å². The molecule has 0 aliphatic carbocycles. The number of carbonyl (C=O) groups excluding carboxylic acids is 2. The fraction of sp³-hybridized carbons (Fsp3) is 0.438. The predicted molar refractivity (Wildman–Crippen MR) is 89.6 cm³/mol. The number of thiophene rings is 1. The van der Waals surface area contributed by atoms with E-state index in [0.717, 1.165) is 29.2 Å². The minimum atomic E-state index is 0.00892. The van der Waals surface area contributed by atoms with Crippen molar-refractivity contribution in [2.75, 3.05) is 6.54 Å². The Morgan fingerprint density at radius 2 is 2.26 bits per heavy atom. The molecule has 7 heteroatoms. The number of hydrogen-bond donors (Lipinski definition) is 0. The van der Waals surface area contributed by atoms with Gasteiger partial charge in [-0.05, 0) is 24.8 Å². The summed E-state index contributed by atoms with van der Waals surface area (Å²) in [5.74, 6) is 0.186. The van der Waals surface area contributed by atoms with Crippen molar-refractivity contribution in [2.45, 2.75) is 38.4 Å². The molecule has 2 fully saturated rings. The van der Waals surface area contributed by atoms with Crippen molar-refractivity contribution in [3.8, 4) is 0 Å². The van der Waals surface area contributed by atoms with Crippen molar-refractivity contribution in [2.24, 2.45) is 0 Å². The van der Waals surface area contributed by atoms with Gasteiger partial charge in [0.2, 0.25) is 5.91 Å². The van der Waals surface area contributed by atoms with Crippen LogP contribution in [-0.4, -0.2) is 45.2 Å². The van der Waals surface area contributed by atoms with Crippen molar-refractivity contribution in [3.05, 3.63) is 38.5 Å². The largest absolute Gasteiger partial charge is 0.333 e. The highest BCUT2D eigenvalue weighted by atomic mass is 32.1. The second-order valence-corrected chi connectivity index (χ2v) is 7.86. The second-order valence-electron chi connectivity index (χ2n) is 6.02. The Kier molecular flexibility index (Phi) is 3.69. The molecule has 120 valence electrons. The molecule has 2 aromatic heterocycles. The molecule has 2 aromatic rings. The Labute approximate surface area is 142 Å². The van der Waals surface area contributed by atoms with Gasteiger partial charge in [0.25, 0.3) is 5.91 Å². The average Bonchev–Trinajstić information content (AvgIpc) is 3.27. The van der Waals surface area contributed by atoms with Gasteiger partial charge in [-0.25, -0.2) is 4.98 Å².